The predicted molar refractivity (Wildman–Crippen MR) is 158 cm³/mol. The van der Waals surface area contributed by atoms with E-state index in [2.05, 4.69) is 5.32 Å². The molecule has 0 unspecified atom stereocenters. The molecule has 2 aliphatic rings. The summed E-state index contributed by atoms with van der Waals surface area (Å²) >= 11 is 1.67. The molecule has 1 aliphatic heterocycles. The van der Waals surface area contributed by atoms with E-state index in [1.54, 1.807) is 31.0 Å². The molecule has 218 valence electrons. The van der Waals surface area contributed by atoms with E-state index in [0.29, 0.717) is 58.4 Å². The zero-order valence-electron chi connectivity index (χ0n) is 24.2. The Morgan fingerprint density at radius 3 is 2.51 bits per heavy atom. The summed E-state index contributed by atoms with van der Waals surface area (Å²) in [4.78, 5) is 40.2. The van der Waals surface area contributed by atoms with E-state index in [1.165, 1.54) is 7.11 Å². The number of carbonyl (C=O) groups excluding carboxylic acids is 3. The Morgan fingerprint density at radius 1 is 1.07 bits per heavy atom. The van der Waals surface area contributed by atoms with Crippen molar-refractivity contribution in [2.75, 3.05) is 32.3 Å². The number of nitrogens with one attached hydrogen (secondary N) is 1. The van der Waals surface area contributed by atoms with Gasteiger partial charge >= 0.3 is 11.9 Å². The third-order valence-corrected chi connectivity index (χ3v) is 8.25. The number of carbonyl (C=O) groups is 3. The highest BCUT2D eigenvalue weighted by Crippen LogP contribution is 2.47. The van der Waals surface area contributed by atoms with Gasteiger partial charge in [0.2, 0.25) is 0 Å². The molecule has 3 atom stereocenters. The van der Waals surface area contributed by atoms with Crippen LogP contribution in [0.3, 0.4) is 0 Å². The molecule has 4 rings (SSSR count). The summed E-state index contributed by atoms with van der Waals surface area (Å²) in [6, 6.07) is 15.2. The highest BCUT2D eigenvalue weighted by molar-refractivity contribution is 7.99. The van der Waals surface area contributed by atoms with Crippen LogP contribution in [0.15, 0.2) is 71.1 Å². The summed E-state index contributed by atoms with van der Waals surface area (Å²) in [7, 11) is 2.83. The van der Waals surface area contributed by atoms with Crippen molar-refractivity contribution >= 4 is 29.5 Å². The number of dihydropyridines is 1. The Bertz CT molecular complexity index is 1350. The van der Waals surface area contributed by atoms with Gasteiger partial charge in [0, 0.05) is 28.6 Å². The molecule has 0 bridgehead atoms. The molecule has 0 radical (unpaired) electrons. The minimum absolute atomic E-state index is 0.248. The molecule has 8 nitrogen and oxygen atoms in total. The quantitative estimate of drug-likeness (QED) is 0.219. The molecule has 0 fully saturated rings. The first-order valence-corrected chi connectivity index (χ1v) is 14.9. The third kappa shape index (κ3) is 6.62. The van der Waals surface area contributed by atoms with Gasteiger partial charge in [0.05, 0.1) is 19.8 Å². The maximum atomic E-state index is 14.0. The molecule has 0 saturated heterocycles. The standard InChI is InChI=1S/C32H37NO7S/c1-6-41-15-14-39-32(36)27-20(3)33-23-16-19(2)26(31(35)38-5)30(34)29(23)28(27)22-12-13-24(25(17-22)37-4)40-18-21-10-8-7-9-11-21/h7-13,17,19,26,28,33H,6,14-16,18H2,1-5H3/t19-,26-,28-/m1/s1. The summed E-state index contributed by atoms with van der Waals surface area (Å²) in [5.41, 5.74) is 3.68. The molecular weight excluding hydrogens is 542 g/mol. The van der Waals surface area contributed by atoms with Gasteiger partial charge in [-0.1, -0.05) is 50.2 Å². The molecule has 1 N–H and O–H groups in total. The van der Waals surface area contributed by atoms with Crippen LogP contribution in [0.25, 0.3) is 0 Å². The van der Waals surface area contributed by atoms with Gasteiger partial charge in [-0.25, -0.2) is 4.79 Å². The summed E-state index contributed by atoms with van der Waals surface area (Å²) in [6.07, 6.45) is 0.458. The van der Waals surface area contributed by atoms with Crippen molar-refractivity contribution in [3.8, 4) is 11.5 Å². The number of allylic oxidation sites excluding steroid dienone is 3. The minimum Gasteiger partial charge on any atom is -0.493 e. The number of ether oxygens (including phenoxy) is 4. The average Bonchev–Trinajstić information content (AvgIpc) is 2.97. The Labute approximate surface area is 245 Å². The first-order chi connectivity index (χ1) is 19.8. The van der Waals surface area contributed by atoms with Crippen molar-refractivity contribution in [1.82, 2.24) is 5.32 Å². The fourth-order valence-corrected chi connectivity index (χ4v) is 5.91. The monoisotopic (exact) mass is 579 g/mol. The summed E-state index contributed by atoms with van der Waals surface area (Å²) in [5.74, 6) is -0.858. The second-order valence-corrected chi connectivity index (χ2v) is 11.4. The molecule has 1 heterocycles. The Hall–Kier alpha value is -3.72. The summed E-state index contributed by atoms with van der Waals surface area (Å²) in [6.45, 7) is 6.31. The van der Waals surface area contributed by atoms with Crippen LogP contribution in [0.4, 0.5) is 0 Å². The summed E-state index contributed by atoms with van der Waals surface area (Å²) in [5, 5.41) is 3.29. The first-order valence-electron chi connectivity index (χ1n) is 13.7. The van der Waals surface area contributed by atoms with Crippen LogP contribution in [-0.2, 0) is 30.5 Å². The highest BCUT2D eigenvalue weighted by Gasteiger charge is 2.47. The van der Waals surface area contributed by atoms with Gasteiger partial charge in [-0.2, -0.15) is 11.8 Å². The van der Waals surface area contributed by atoms with Crippen LogP contribution >= 0.6 is 11.8 Å². The minimum atomic E-state index is -0.963. The number of esters is 2. The molecular formula is C32H37NO7S. The second kappa shape index (κ2) is 13.8. The van der Waals surface area contributed by atoms with Gasteiger partial charge in [0.15, 0.2) is 17.3 Å². The van der Waals surface area contributed by atoms with E-state index < -0.39 is 23.8 Å². The zero-order valence-corrected chi connectivity index (χ0v) is 25.0. The zero-order chi connectivity index (χ0) is 29.5. The first kappa shape index (κ1) is 30.2. The number of hydrogen-bond acceptors (Lipinski definition) is 9. The van der Waals surface area contributed by atoms with Gasteiger partial charge in [0.25, 0.3) is 0 Å². The maximum Gasteiger partial charge on any atom is 0.336 e. The molecule has 2 aromatic rings. The fraction of sp³-hybridized carbons (Fsp3) is 0.406. The lowest BCUT2D eigenvalue weighted by atomic mass is 9.69. The molecule has 0 amide bonds. The highest BCUT2D eigenvalue weighted by atomic mass is 32.2. The van der Waals surface area contributed by atoms with E-state index in [-0.39, 0.29) is 18.3 Å². The number of hydrogen-bond donors (Lipinski definition) is 1. The predicted octanol–water partition coefficient (Wildman–Crippen LogP) is 5.18. The number of methoxy groups -OCH3 is 2. The Morgan fingerprint density at radius 2 is 1.83 bits per heavy atom. The van der Waals surface area contributed by atoms with E-state index in [4.69, 9.17) is 18.9 Å². The molecule has 2 aromatic carbocycles. The van der Waals surface area contributed by atoms with E-state index in [1.807, 2.05) is 57.2 Å². The van der Waals surface area contributed by atoms with Crippen LogP contribution in [0.1, 0.15) is 44.2 Å². The van der Waals surface area contributed by atoms with Crippen molar-refractivity contribution in [1.29, 1.82) is 0 Å². The summed E-state index contributed by atoms with van der Waals surface area (Å²) < 4.78 is 22.4. The van der Waals surface area contributed by atoms with E-state index in [9.17, 15) is 14.4 Å². The lowest BCUT2D eigenvalue weighted by molar-refractivity contribution is -0.151. The van der Waals surface area contributed by atoms with Gasteiger partial charge in [-0.3, -0.25) is 9.59 Å². The van der Waals surface area contributed by atoms with Crippen molar-refractivity contribution in [3.05, 3.63) is 82.2 Å². The molecule has 0 spiro atoms. The second-order valence-electron chi connectivity index (χ2n) is 10.1. The van der Waals surface area contributed by atoms with Gasteiger partial charge in [-0.15, -0.1) is 0 Å². The maximum absolute atomic E-state index is 14.0. The van der Waals surface area contributed by atoms with Gasteiger partial charge < -0.3 is 24.3 Å². The number of thioether (sulfide) groups is 1. The van der Waals surface area contributed by atoms with Crippen LogP contribution in [0.5, 0.6) is 11.5 Å². The lowest BCUT2D eigenvalue weighted by Gasteiger charge is -2.38. The van der Waals surface area contributed by atoms with Crippen LogP contribution < -0.4 is 14.8 Å². The van der Waals surface area contributed by atoms with Crippen LogP contribution in [0, 0.1) is 11.8 Å². The van der Waals surface area contributed by atoms with Gasteiger partial charge in [-0.05, 0) is 48.3 Å². The van der Waals surface area contributed by atoms with E-state index >= 15 is 0 Å². The SMILES string of the molecule is CCSCCOC(=O)C1=C(C)NC2=C(C(=O)[C@H](C(=O)OC)[C@H](C)C2)[C@@H]1c1ccc(OCc2ccccc2)c(OC)c1. The normalized spacial score (nSPS) is 20.2. The Balaban J connectivity index is 1.75. The Kier molecular flexibility index (Phi) is 10.2. The lowest BCUT2D eigenvalue weighted by Crippen LogP contribution is -2.43. The average molecular weight is 580 g/mol. The topological polar surface area (TPSA) is 100 Å². The van der Waals surface area contributed by atoms with E-state index in [0.717, 1.165) is 11.3 Å². The number of benzene rings is 2. The van der Waals surface area contributed by atoms with Crippen molar-refractivity contribution < 1.29 is 33.3 Å². The third-order valence-electron chi connectivity index (χ3n) is 7.39. The largest absolute Gasteiger partial charge is 0.493 e. The molecule has 0 aromatic heterocycles. The fourth-order valence-electron chi connectivity index (χ4n) is 5.42. The molecule has 0 saturated carbocycles. The van der Waals surface area contributed by atoms with Crippen molar-refractivity contribution in [3.63, 3.8) is 0 Å². The van der Waals surface area contributed by atoms with Crippen molar-refractivity contribution in [2.24, 2.45) is 11.8 Å². The van der Waals surface area contributed by atoms with Gasteiger partial charge in [0.1, 0.15) is 19.1 Å². The number of Topliss-reactive ketones (excluding diaryl/α,β-unsaturated/α-hetero) is 1. The molecule has 41 heavy (non-hydrogen) atoms. The smallest absolute Gasteiger partial charge is 0.336 e. The number of rotatable bonds is 11. The van der Waals surface area contributed by atoms with Crippen LogP contribution in [-0.4, -0.2) is 50.1 Å². The molecule has 9 heteroatoms. The van der Waals surface area contributed by atoms with Crippen molar-refractivity contribution in [2.45, 2.75) is 39.7 Å². The van der Waals surface area contributed by atoms with Crippen LogP contribution in [0.2, 0.25) is 0 Å². The number of ketones is 1. The molecule has 1 aliphatic carbocycles.